The quantitative estimate of drug-likeness (QED) is 0.172. The van der Waals surface area contributed by atoms with Gasteiger partial charge in [0.1, 0.15) is 48.4 Å². The molecule has 5 heterocycles. The van der Waals surface area contributed by atoms with E-state index in [1.807, 2.05) is 46.6 Å². The van der Waals surface area contributed by atoms with Gasteiger partial charge in [-0.1, -0.05) is 11.2 Å². The maximum absolute atomic E-state index is 13.0. The topological polar surface area (TPSA) is 156 Å². The summed E-state index contributed by atoms with van der Waals surface area (Å²) in [6.45, 7) is 2.30. The highest BCUT2D eigenvalue weighted by atomic mass is 32.2. The molecule has 0 saturated carbocycles. The summed E-state index contributed by atoms with van der Waals surface area (Å²) in [5.74, 6) is -1.97. The highest BCUT2D eigenvalue weighted by molar-refractivity contribution is 8.00. The summed E-state index contributed by atoms with van der Waals surface area (Å²) in [6, 6.07) is 5.00. The van der Waals surface area contributed by atoms with E-state index in [9.17, 15) is 19.5 Å². The lowest BCUT2D eigenvalue weighted by atomic mass is 10.0. The molecular formula is C22H22N7O5S2+. The highest BCUT2D eigenvalue weighted by Gasteiger charge is 2.54. The van der Waals surface area contributed by atoms with E-state index in [4.69, 9.17) is 10.6 Å². The summed E-state index contributed by atoms with van der Waals surface area (Å²) in [7, 11) is 1.29. The maximum Gasteiger partial charge on any atom is 0.352 e. The Kier molecular flexibility index (Phi) is 6.14. The molecule has 1 fully saturated rings. The predicted molar refractivity (Wildman–Crippen MR) is 132 cm³/mol. The number of pyridine rings is 1. The van der Waals surface area contributed by atoms with Crippen molar-refractivity contribution in [2.75, 3.05) is 18.6 Å². The van der Waals surface area contributed by atoms with Crippen molar-refractivity contribution in [2.24, 2.45) is 5.16 Å². The van der Waals surface area contributed by atoms with Crippen molar-refractivity contribution in [3.8, 4) is 0 Å². The fourth-order valence-electron chi connectivity index (χ4n) is 4.28. The number of nitrogen functional groups attached to an aromatic ring is 1. The van der Waals surface area contributed by atoms with Crippen LogP contribution in [-0.2, 0) is 25.8 Å². The number of aromatic nitrogens is 3. The second-order valence-electron chi connectivity index (χ2n) is 8.19. The van der Waals surface area contributed by atoms with Crippen molar-refractivity contribution >= 4 is 57.2 Å². The van der Waals surface area contributed by atoms with Crippen molar-refractivity contribution in [2.45, 2.75) is 24.9 Å². The van der Waals surface area contributed by atoms with E-state index in [2.05, 4.69) is 15.5 Å². The molecule has 1 saturated heterocycles. The van der Waals surface area contributed by atoms with E-state index in [-0.39, 0.29) is 22.2 Å². The number of amides is 2. The smallest absolute Gasteiger partial charge is 0.352 e. The lowest BCUT2D eigenvalue weighted by Crippen LogP contribution is -2.71. The number of rotatable bonds is 7. The number of hydrogen-bond donors (Lipinski definition) is 3. The molecule has 0 aromatic carbocycles. The number of thiazole rings is 1. The minimum absolute atomic E-state index is 0.0493. The molecule has 12 nitrogen and oxygen atoms in total. The third-order valence-corrected chi connectivity index (χ3v) is 7.91. The molecule has 0 bridgehead atoms. The Balaban J connectivity index is 1.36. The molecule has 4 N–H and O–H groups in total. The summed E-state index contributed by atoms with van der Waals surface area (Å²) >= 11 is 2.53. The number of aryl methyl sites for hydroxylation is 1. The van der Waals surface area contributed by atoms with Gasteiger partial charge in [0.2, 0.25) is 6.33 Å². The molecule has 0 radical (unpaired) electrons. The van der Waals surface area contributed by atoms with Gasteiger partial charge in [-0.05, 0) is 19.1 Å². The van der Waals surface area contributed by atoms with Gasteiger partial charge >= 0.3 is 5.97 Å². The number of carbonyl (C=O) groups excluding carboxylic acids is 2. The van der Waals surface area contributed by atoms with Gasteiger partial charge in [-0.15, -0.1) is 23.1 Å². The minimum Gasteiger partial charge on any atom is -0.477 e. The van der Waals surface area contributed by atoms with Crippen LogP contribution < -0.4 is 15.5 Å². The normalized spacial score (nSPS) is 19.8. The number of thioether (sulfide) groups is 1. The molecule has 0 aliphatic carbocycles. The number of nitrogens with zero attached hydrogens (tertiary/aromatic N) is 5. The SMILES string of the molecule is CO/N=C(\C(=O)N[C@@H]1C(=O)N2C(C(=O)O)=C(Cn3cc4cccc(C)[n+]4c3)CS[C@H]12)c1csc(N)n1. The van der Waals surface area contributed by atoms with Gasteiger partial charge < -0.3 is 21.0 Å². The molecule has 0 unspecified atom stereocenters. The monoisotopic (exact) mass is 528 g/mol. The molecule has 14 heteroatoms. The van der Waals surface area contributed by atoms with Crippen molar-refractivity contribution in [3.05, 3.63) is 58.8 Å². The van der Waals surface area contributed by atoms with Crippen LogP contribution in [0.3, 0.4) is 0 Å². The molecule has 2 aliphatic heterocycles. The van der Waals surface area contributed by atoms with E-state index >= 15 is 0 Å². The highest BCUT2D eigenvalue weighted by Crippen LogP contribution is 2.40. The summed E-state index contributed by atoms with van der Waals surface area (Å²) in [5.41, 5.74) is 8.34. The molecule has 2 aliphatic rings. The van der Waals surface area contributed by atoms with Crippen LogP contribution >= 0.6 is 23.1 Å². The van der Waals surface area contributed by atoms with Crippen molar-refractivity contribution in [1.82, 2.24) is 19.8 Å². The van der Waals surface area contributed by atoms with Crippen LogP contribution in [0.25, 0.3) is 5.52 Å². The number of nitrogens with one attached hydrogen (secondary N) is 1. The molecule has 2 amide bonds. The second-order valence-corrected chi connectivity index (χ2v) is 10.2. The van der Waals surface area contributed by atoms with E-state index in [1.165, 1.54) is 23.8 Å². The number of aliphatic carboxylic acids is 1. The first-order valence-corrected chi connectivity index (χ1v) is 12.7. The number of anilines is 1. The third kappa shape index (κ3) is 4.07. The Bertz CT molecular complexity index is 1460. The van der Waals surface area contributed by atoms with Crippen LogP contribution in [-0.4, -0.2) is 67.3 Å². The fraction of sp³-hybridized carbons (Fsp3) is 0.273. The van der Waals surface area contributed by atoms with E-state index in [0.717, 1.165) is 22.5 Å². The zero-order valence-electron chi connectivity index (χ0n) is 19.2. The number of carbonyl (C=O) groups is 3. The number of carboxylic acids is 1. The first-order valence-electron chi connectivity index (χ1n) is 10.8. The van der Waals surface area contributed by atoms with Gasteiger partial charge in [0, 0.05) is 16.7 Å². The molecular weight excluding hydrogens is 506 g/mol. The fourth-order valence-corrected chi connectivity index (χ4v) is 6.16. The minimum atomic E-state index is -1.19. The predicted octanol–water partition coefficient (Wildman–Crippen LogP) is 0.363. The number of hydrogen-bond acceptors (Lipinski definition) is 9. The molecule has 3 aromatic heterocycles. The average molecular weight is 529 g/mol. The summed E-state index contributed by atoms with van der Waals surface area (Å²) in [5, 5.41) is 17.6. The summed E-state index contributed by atoms with van der Waals surface area (Å²) < 4.78 is 3.91. The second kappa shape index (κ2) is 9.28. The Morgan fingerprint density at radius 2 is 2.22 bits per heavy atom. The Hall–Kier alpha value is -3.91. The van der Waals surface area contributed by atoms with Gasteiger partial charge in [-0.3, -0.25) is 14.5 Å². The van der Waals surface area contributed by atoms with Crippen LogP contribution in [0.15, 0.2) is 52.5 Å². The van der Waals surface area contributed by atoms with Gasteiger partial charge in [0.05, 0.1) is 0 Å². The average Bonchev–Trinajstić information content (AvgIpc) is 3.46. The van der Waals surface area contributed by atoms with Gasteiger partial charge in [0.25, 0.3) is 11.8 Å². The first-order chi connectivity index (χ1) is 17.3. The molecule has 2 atom stereocenters. The maximum atomic E-state index is 13.0. The zero-order chi connectivity index (χ0) is 25.6. The van der Waals surface area contributed by atoms with E-state index in [1.54, 1.807) is 5.38 Å². The van der Waals surface area contributed by atoms with Crippen LogP contribution in [0.5, 0.6) is 0 Å². The number of β-lactam (4-membered cyclic amide) rings is 1. The number of oxime groups is 1. The largest absolute Gasteiger partial charge is 0.477 e. The summed E-state index contributed by atoms with van der Waals surface area (Å²) in [6.07, 6.45) is 3.83. The number of nitrogens with two attached hydrogens (primary N) is 1. The van der Waals surface area contributed by atoms with E-state index in [0.29, 0.717) is 17.9 Å². The van der Waals surface area contributed by atoms with Gasteiger partial charge in [-0.25, -0.2) is 14.3 Å². The van der Waals surface area contributed by atoms with Crippen LogP contribution in [0.4, 0.5) is 5.13 Å². The number of imidazole rings is 1. The van der Waals surface area contributed by atoms with Crippen molar-refractivity contribution in [3.63, 3.8) is 0 Å². The Labute approximate surface area is 213 Å². The van der Waals surface area contributed by atoms with Crippen molar-refractivity contribution < 1.29 is 28.7 Å². The molecule has 3 aromatic rings. The zero-order valence-corrected chi connectivity index (χ0v) is 20.9. The lowest BCUT2D eigenvalue weighted by Gasteiger charge is -2.49. The number of fused-ring (bicyclic) bond motifs is 2. The molecule has 5 rings (SSSR count). The van der Waals surface area contributed by atoms with Crippen LogP contribution in [0.1, 0.15) is 11.4 Å². The standard InChI is InChI=1S/C22H21N7O5S2/c1-11-4-3-5-13-7-27(10-28(11)13)6-12-8-35-20-16(19(31)29(20)17(12)21(32)33)25-18(30)15(26-34-2)14-9-36-22(23)24-14/h3-5,7,9-10,16,20H,6,8H2,1-2H3,(H3-,23,24,25,30,32,33)/p+1/b26-15-/t16-,20-/m1/s1. The Morgan fingerprint density at radius 3 is 2.89 bits per heavy atom. The Morgan fingerprint density at radius 1 is 1.42 bits per heavy atom. The van der Waals surface area contributed by atoms with Gasteiger partial charge in [0.15, 0.2) is 16.4 Å². The first kappa shape index (κ1) is 23.8. The number of carboxylic acid groups (broad SMARTS) is 1. The van der Waals surface area contributed by atoms with Gasteiger partial charge in [-0.2, -0.15) is 4.40 Å². The molecule has 0 spiro atoms. The lowest BCUT2D eigenvalue weighted by molar-refractivity contribution is -0.520. The van der Waals surface area contributed by atoms with Crippen molar-refractivity contribution in [1.29, 1.82) is 0 Å². The van der Waals surface area contributed by atoms with E-state index < -0.39 is 29.2 Å². The molecule has 36 heavy (non-hydrogen) atoms. The van der Waals surface area contributed by atoms with Crippen LogP contribution in [0.2, 0.25) is 0 Å². The molecule has 186 valence electrons. The third-order valence-electron chi connectivity index (χ3n) is 5.90. The van der Waals surface area contributed by atoms with Crippen LogP contribution in [0, 0.1) is 6.92 Å². The summed E-state index contributed by atoms with van der Waals surface area (Å²) in [4.78, 5) is 48.2.